The predicted molar refractivity (Wildman–Crippen MR) is 105 cm³/mol. The molecule has 2 aromatic rings. The van der Waals surface area contributed by atoms with Crippen molar-refractivity contribution in [1.82, 2.24) is 20.0 Å². The zero-order valence-electron chi connectivity index (χ0n) is 16.0. The molecule has 1 amide bonds. The topological polar surface area (TPSA) is 84.3 Å². The molecule has 0 aliphatic carbocycles. The molecule has 2 heterocycles. The number of amides is 1. The molecule has 1 fully saturated rings. The molecule has 7 nitrogen and oxygen atoms in total. The van der Waals surface area contributed by atoms with E-state index in [4.69, 9.17) is 0 Å². The van der Waals surface area contributed by atoms with Crippen LogP contribution in [0.1, 0.15) is 23.4 Å². The van der Waals surface area contributed by atoms with Crippen LogP contribution < -0.4 is 5.32 Å². The molecular formula is C19H26N4O3S. The Morgan fingerprint density at radius 1 is 1.30 bits per heavy atom. The summed E-state index contributed by atoms with van der Waals surface area (Å²) in [4.78, 5) is 14.0. The molecule has 1 aromatic carbocycles. The van der Waals surface area contributed by atoms with E-state index in [9.17, 15) is 13.2 Å². The number of carbonyl (C=O) groups excluding carboxylic acids is 1. The lowest BCUT2D eigenvalue weighted by molar-refractivity contribution is -0.122. The highest BCUT2D eigenvalue weighted by Crippen LogP contribution is 2.14. The Labute approximate surface area is 160 Å². The molecule has 1 atom stereocenters. The number of rotatable bonds is 6. The Bertz CT molecular complexity index is 919. The summed E-state index contributed by atoms with van der Waals surface area (Å²) in [5.74, 6) is 0.0740. The van der Waals surface area contributed by atoms with E-state index < -0.39 is 9.84 Å². The summed E-state index contributed by atoms with van der Waals surface area (Å²) < 4.78 is 24.8. The van der Waals surface area contributed by atoms with Crippen molar-refractivity contribution in [2.24, 2.45) is 0 Å². The highest BCUT2D eigenvalue weighted by Gasteiger charge is 2.28. The van der Waals surface area contributed by atoms with E-state index in [1.165, 1.54) is 0 Å². The number of aryl methyl sites for hydroxylation is 2. The monoisotopic (exact) mass is 390 g/mol. The molecule has 27 heavy (non-hydrogen) atoms. The van der Waals surface area contributed by atoms with E-state index >= 15 is 0 Å². The van der Waals surface area contributed by atoms with Gasteiger partial charge in [-0.1, -0.05) is 12.1 Å². The van der Waals surface area contributed by atoms with Gasteiger partial charge in [0.05, 0.1) is 29.4 Å². The maximum atomic E-state index is 12.1. The number of hydrogen-bond acceptors (Lipinski definition) is 5. The molecule has 0 radical (unpaired) electrons. The second kappa shape index (κ2) is 7.82. The van der Waals surface area contributed by atoms with Crippen LogP contribution in [0.4, 0.5) is 0 Å². The van der Waals surface area contributed by atoms with Crippen molar-refractivity contribution in [3.63, 3.8) is 0 Å². The van der Waals surface area contributed by atoms with Gasteiger partial charge in [0, 0.05) is 18.3 Å². The summed E-state index contributed by atoms with van der Waals surface area (Å²) in [6.45, 7) is 4.86. The number of benzene rings is 1. The van der Waals surface area contributed by atoms with Crippen molar-refractivity contribution in [2.75, 3.05) is 25.1 Å². The summed E-state index contributed by atoms with van der Waals surface area (Å²) in [6.07, 6.45) is 0.506. The van der Waals surface area contributed by atoms with Crippen molar-refractivity contribution in [3.8, 4) is 5.69 Å². The normalized spacial score (nSPS) is 18.7. The highest BCUT2D eigenvalue weighted by molar-refractivity contribution is 7.91. The van der Waals surface area contributed by atoms with Crippen LogP contribution in [0.25, 0.3) is 5.69 Å². The molecule has 1 saturated heterocycles. The van der Waals surface area contributed by atoms with Crippen molar-refractivity contribution in [1.29, 1.82) is 0 Å². The van der Waals surface area contributed by atoms with Crippen LogP contribution in [-0.2, 0) is 21.2 Å². The minimum Gasteiger partial charge on any atom is -0.351 e. The molecule has 1 aliphatic heterocycles. The maximum absolute atomic E-state index is 12.1. The van der Waals surface area contributed by atoms with Crippen LogP contribution in [0.3, 0.4) is 0 Å². The minimum absolute atomic E-state index is 0.0518. The molecule has 1 unspecified atom stereocenters. The lowest BCUT2D eigenvalue weighted by Gasteiger charge is -2.18. The van der Waals surface area contributed by atoms with E-state index in [2.05, 4.69) is 10.4 Å². The third kappa shape index (κ3) is 5.17. The van der Waals surface area contributed by atoms with Crippen molar-refractivity contribution < 1.29 is 13.2 Å². The van der Waals surface area contributed by atoms with Gasteiger partial charge in [-0.3, -0.25) is 9.69 Å². The van der Waals surface area contributed by atoms with Crippen molar-refractivity contribution in [2.45, 2.75) is 32.9 Å². The van der Waals surface area contributed by atoms with Gasteiger partial charge in [-0.05, 0) is 51.1 Å². The molecule has 0 bridgehead atoms. The summed E-state index contributed by atoms with van der Waals surface area (Å²) in [5, 5.41) is 7.30. The van der Waals surface area contributed by atoms with Gasteiger partial charge < -0.3 is 5.32 Å². The summed E-state index contributed by atoms with van der Waals surface area (Å²) in [7, 11) is -1.11. The number of nitrogens with zero attached hydrogens (tertiary/aromatic N) is 3. The Morgan fingerprint density at radius 3 is 2.56 bits per heavy atom. The molecule has 1 N–H and O–H groups in total. The van der Waals surface area contributed by atoms with E-state index in [1.54, 1.807) is 0 Å². The van der Waals surface area contributed by atoms with E-state index in [-0.39, 0.29) is 30.0 Å². The van der Waals surface area contributed by atoms with Crippen LogP contribution in [0, 0.1) is 13.8 Å². The number of carbonyl (C=O) groups is 1. The second-order valence-corrected chi connectivity index (χ2v) is 9.57. The van der Waals surface area contributed by atoms with E-state index in [1.807, 2.05) is 60.8 Å². The number of nitrogens with one attached hydrogen (secondary N) is 1. The lowest BCUT2D eigenvalue weighted by Crippen LogP contribution is -2.41. The van der Waals surface area contributed by atoms with Crippen LogP contribution in [-0.4, -0.2) is 60.1 Å². The number of hydrogen-bond donors (Lipinski definition) is 1. The fourth-order valence-electron chi connectivity index (χ4n) is 3.43. The minimum atomic E-state index is -2.98. The van der Waals surface area contributed by atoms with Gasteiger partial charge in [0.25, 0.3) is 0 Å². The lowest BCUT2D eigenvalue weighted by atomic mass is 10.2. The summed E-state index contributed by atoms with van der Waals surface area (Å²) in [5.41, 5.74) is 4.17. The van der Waals surface area contributed by atoms with E-state index in [0.29, 0.717) is 13.0 Å². The van der Waals surface area contributed by atoms with Crippen LogP contribution >= 0.6 is 0 Å². The van der Waals surface area contributed by atoms with Crippen molar-refractivity contribution in [3.05, 3.63) is 47.3 Å². The summed E-state index contributed by atoms with van der Waals surface area (Å²) >= 11 is 0. The van der Waals surface area contributed by atoms with Crippen LogP contribution in [0.5, 0.6) is 0 Å². The standard InChI is InChI=1S/C19H26N4O3S/c1-14-10-15(2)23(21-14)18-6-4-16(5-7-18)11-22(3)12-19(24)20-17-8-9-27(25,26)13-17/h4-7,10,17H,8-9,11-13H2,1-3H3,(H,20,24). The van der Waals surface area contributed by atoms with Gasteiger partial charge in [-0.25, -0.2) is 13.1 Å². The Balaban J connectivity index is 1.52. The number of sulfone groups is 1. The Kier molecular flexibility index (Phi) is 5.67. The number of aromatic nitrogens is 2. The third-order valence-electron chi connectivity index (χ3n) is 4.65. The fraction of sp³-hybridized carbons (Fsp3) is 0.474. The average molecular weight is 391 g/mol. The van der Waals surface area contributed by atoms with Crippen molar-refractivity contribution >= 4 is 15.7 Å². The molecular weight excluding hydrogens is 364 g/mol. The predicted octanol–water partition coefficient (Wildman–Crippen LogP) is 1.22. The quantitative estimate of drug-likeness (QED) is 0.802. The Morgan fingerprint density at radius 2 is 2.00 bits per heavy atom. The first-order valence-electron chi connectivity index (χ1n) is 9.03. The van der Waals surface area contributed by atoms with Gasteiger partial charge in [-0.15, -0.1) is 0 Å². The highest BCUT2D eigenvalue weighted by atomic mass is 32.2. The largest absolute Gasteiger partial charge is 0.351 e. The Hall–Kier alpha value is -2.19. The van der Waals surface area contributed by atoms with Gasteiger partial charge in [0.1, 0.15) is 0 Å². The zero-order valence-corrected chi connectivity index (χ0v) is 16.8. The fourth-order valence-corrected chi connectivity index (χ4v) is 5.10. The first-order valence-corrected chi connectivity index (χ1v) is 10.8. The smallest absolute Gasteiger partial charge is 0.234 e. The van der Waals surface area contributed by atoms with Gasteiger partial charge in [0.15, 0.2) is 9.84 Å². The molecule has 3 rings (SSSR count). The molecule has 1 aromatic heterocycles. The molecule has 0 saturated carbocycles. The third-order valence-corrected chi connectivity index (χ3v) is 6.42. The summed E-state index contributed by atoms with van der Waals surface area (Å²) in [6, 6.07) is 9.89. The van der Waals surface area contributed by atoms with Gasteiger partial charge in [-0.2, -0.15) is 5.10 Å². The van der Waals surface area contributed by atoms with Crippen LogP contribution in [0.2, 0.25) is 0 Å². The molecule has 1 aliphatic rings. The average Bonchev–Trinajstić information content (AvgIpc) is 3.08. The van der Waals surface area contributed by atoms with Crippen LogP contribution in [0.15, 0.2) is 30.3 Å². The van der Waals surface area contributed by atoms with Gasteiger partial charge >= 0.3 is 0 Å². The number of likely N-dealkylation sites (N-methyl/N-ethyl adjacent to an activating group) is 1. The van der Waals surface area contributed by atoms with E-state index in [0.717, 1.165) is 22.6 Å². The zero-order chi connectivity index (χ0) is 19.6. The molecule has 0 spiro atoms. The molecule has 146 valence electrons. The maximum Gasteiger partial charge on any atom is 0.234 e. The SMILES string of the molecule is Cc1cc(C)n(-c2ccc(CN(C)CC(=O)NC3CCS(=O)(=O)C3)cc2)n1. The molecule has 8 heteroatoms. The second-order valence-electron chi connectivity index (χ2n) is 7.35. The first kappa shape index (κ1) is 19.6. The van der Waals surface area contributed by atoms with Gasteiger partial charge in [0.2, 0.25) is 5.91 Å². The first-order chi connectivity index (χ1) is 12.7.